The molecule has 0 radical (unpaired) electrons. The molecule has 18 heavy (non-hydrogen) atoms. The lowest BCUT2D eigenvalue weighted by Gasteiger charge is -2.29. The normalized spacial score (nSPS) is 25.1. The Morgan fingerprint density at radius 3 is 2.50 bits per heavy atom. The first kappa shape index (κ1) is 15.0. The quantitative estimate of drug-likeness (QED) is 0.642. The Labute approximate surface area is 109 Å². The number of rotatable bonds is 6. The molecule has 0 aliphatic carbocycles. The molecule has 0 spiro atoms. The second-order valence-corrected chi connectivity index (χ2v) is 5.55. The van der Waals surface area contributed by atoms with E-state index >= 15 is 0 Å². The third kappa shape index (κ3) is 3.22. The maximum atomic E-state index is 12.4. The first-order chi connectivity index (χ1) is 8.43. The van der Waals surface area contributed by atoms with Gasteiger partial charge in [0.1, 0.15) is 6.04 Å². The maximum absolute atomic E-state index is 12.4. The number of nitrogens with two attached hydrogens (primary N) is 1. The van der Waals surface area contributed by atoms with Crippen molar-refractivity contribution in [3.63, 3.8) is 0 Å². The summed E-state index contributed by atoms with van der Waals surface area (Å²) in [5, 5.41) is 6.06. The summed E-state index contributed by atoms with van der Waals surface area (Å²) in [6.45, 7) is 7.39. The Bertz CT molecular complexity index is 309. The predicted octanol–water partition coefficient (Wildman–Crippen LogP) is 0.392. The van der Waals surface area contributed by atoms with Crippen LogP contribution >= 0.6 is 0 Å². The molecule has 2 atom stereocenters. The van der Waals surface area contributed by atoms with Gasteiger partial charge in [0.15, 0.2) is 0 Å². The van der Waals surface area contributed by atoms with Crippen LogP contribution in [0.15, 0.2) is 0 Å². The summed E-state index contributed by atoms with van der Waals surface area (Å²) >= 11 is 0. The third-order valence-corrected chi connectivity index (χ3v) is 3.71. The molecule has 0 saturated carbocycles. The highest BCUT2D eigenvalue weighted by Gasteiger charge is 2.41. The van der Waals surface area contributed by atoms with E-state index in [4.69, 9.17) is 5.73 Å². The van der Waals surface area contributed by atoms with Gasteiger partial charge in [-0.1, -0.05) is 27.2 Å². The van der Waals surface area contributed by atoms with Gasteiger partial charge in [0.05, 0.1) is 5.41 Å². The van der Waals surface area contributed by atoms with Crippen LogP contribution in [-0.2, 0) is 9.59 Å². The van der Waals surface area contributed by atoms with Crippen molar-refractivity contribution in [2.75, 3.05) is 13.1 Å². The van der Waals surface area contributed by atoms with Gasteiger partial charge in [-0.3, -0.25) is 9.59 Å². The Morgan fingerprint density at radius 2 is 2.11 bits per heavy atom. The summed E-state index contributed by atoms with van der Waals surface area (Å²) in [6, 6.07) is -0.577. The molecule has 0 aromatic carbocycles. The number of amides is 2. The van der Waals surface area contributed by atoms with Gasteiger partial charge in [-0.05, 0) is 25.3 Å². The van der Waals surface area contributed by atoms with E-state index in [-0.39, 0.29) is 17.2 Å². The highest BCUT2D eigenvalue weighted by Crippen LogP contribution is 2.31. The van der Waals surface area contributed by atoms with Crippen molar-refractivity contribution in [2.24, 2.45) is 17.1 Å². The highest BCUT2D eigenvalue weighted by molar-refractivity contribution is 5.89. The van der Waals surface area contributed by atoms with Gasteiger partial charge >= 0.3 is 0 Å². The zero-order valence-electron chi connectivity index (χ0n) is 11.6. The minimum absolute atomic E-state index is 0.0134. The molecule has 2 amide bonds. The summed E-state index contributed by atoms with van der Waals surface area (Å²) in [4.78, 5) is 23.8. The fourth-order valence-electron chi connectivity index (χ4n) is 2.60. The van der Waals surface area contributed by atoms with E-state index in [9.17, 15) is 9.59 Å². The molecule has 0 bridgehead atoms. The largest absolute Gasteiger partial charge is 0.368 e. The number of hydrogen-bond acceptors (Lipinski definition) is 3. The zero-order valence-corrected chi connectivity index (χ0v) is 11.6. The molecule has 1 saturated heterocycles. The summed E-state index contributed by atoms with van der Waals surface area (Å²) in [5.74, 6) is -0.484. The first-order valence-corrected chi connectivity index (χ1v) is 6.74. The van der Waals surface area contributed by atoms with Crippen LogP contribution in [0.25, 0.3) is 0 Å². The van der Waals surface area contributed by atoms with Crippen LogP contribution in [0.5, 0.6) is 0 Å². The van der Waals surface area contributed by atoms with Crippen LogP contribution in [0.3, 0.4) is 0 Å². The van der Waals surface area contributed by atoms with Gasteiger partial charge in [-0.25, -0.2) is 0 Å². The Hall–Kier alpha value is -1.10. The molecule has 1 aliphatic heterocycles. The molecular formula is C13H25N3O2. The number of hydrogen-bond donors (Lipinski definition) is 3. The molecule has 104 valence electrons. The van der Waals surface area contributed by atoms with E-state index in [1.165, 1.54) is 0 Å². The molecule has 1 fully saturated rings. The lowest BCUT2D eigenvalue weighted by Crippen LogP contribution is -2.53. The van der Waals surface area contributed by atoms with Crippen molar-refractivity contribution in [3.8, 4) is 0 Å². The lowest BCUT2D eigenvalue weighted by atomic mass is 9.81. The molecule has 0 aromatic heterocycles. The van der Waals surface area contributed by atoms with Crippen LogP contribution < -0.4 is 16.4 Å². The van der Waals surface area contributed by atoms with Crippen molar-refractivity contribution < 1.29 is 9.59 Å². The molecule has 2 unspecified atom stereocenters. The molecule has 5 nitrogen and oxygen atoms in total. The number of primary amides is 1. The van der Waals surface area contributed by atoms with E-state index in [0.717, 1.165) is 25.8 Å². The van der Waals surface area contributed by atoms with Crippen LogP contribution in [0, 0.1) is 11.3 Å². The molecule has 0 aromatic rings. The number of carbonyl (C=O) groups is 2. The highest BCUT2D eigenvalue weighted by atomic mass is 16.2. The van der Waals surface area contributed by atoms with Gasteiger partial charge < -0.3 is 16.4 Å². The van der Waals surface area contributed by atoms with Gasteiger partial charge in [0.2, 0.25) is 11.8 Å². The van der Waals surface area contributed by atoms with Gasteiger partial charge in [0.25, 0.3) is 0 Å². The SMILES string of the molecule is CCCC1(C(=O)NC(C(N)=O)C(C)C)CCNC1. The van der Waals surface area contributed by atoms with E-state index in [1.54, 1.807) is 0 Å². The first-order valence-electron chi connectivity index (χ1n) is 6.74. The summed E-state index contributed by atoms with van der Waals surface area (Å²) in [7, 11) is 0. The van der Waals surface area contributed by atoms with Crippen molar-refractivity contribution in [1.29, 1.82) is 0 Å². The fourth-order valence-corrected chi connectivity index (χ4v) is 2.60. The van der Waals surface area contributed by atoms with Crippen molar-refractivity contribution in [1.82, 2.24) is 10.6 Å². The van der Waals surface area contributed by atoms with E-state index in [2.05, 4.69) is 17.6 Å². The smallest absolute Gasteiger partial charge is 0.240 e. The van der Waals surface area contributed by atoms with Crippen molar-refractivity contribution in [2.45, 2.75) is 46.1 Å². The summed E-state index contributed by atoms with van der Waals surface area (Å²) < 4.78 is 0. The molecular weight excluding hydrogens is 230 g/mol. The minimum atomic E-state index is -0.577. The Balaban J connectivity index is 2.75. The third-order valence-electron chi connectivity index (χ3n) is 3.71. The number of carbonyl (C=O) groups excluding carboxylic acids is 2. The second-order valence-electron chi connectivity index (χ2n) is 5.55. The van der Waals surface area contributed by atoms with Crippen LogP contribution in [0.1, 0.15) is 40.0 Å². The van der Waals surface area contributed by atoms with E-state index < -0.39 is 11.9 Å². The molecule has 4 N–H and O–H groups in total. The van der Waals surface area contributed by atoms with Gasteiger partial charge in [-0.15, -0.1) is 0 Å². The van der Waals surface area contributed by atoms with Crippen molar-refractivity contribution >= 4 is 11.8 Å². The Morgan fingerprint density at radius 1 is 1.44 bits per heavy atom. The predicted molar refractivity (Wildman–Crippen MR) is 70.8 cm³/mol. The molecule has 5 heteroatoms. The zero-order chi connectivity index (χ0) is 13.8. The topological polar surface area (TPSA) is 84.2 Å². The second kappa shape index (κ2) is 6.18. The molecule has 1 heterocycles. The number of nitrogens with one attached hydrogen (secondary N) is 2. The van der Waals surface area contributed by atoms with E-state index in [0.29, 0.717) is 6.54 Å². The minimum Gasteiger partial charge on any atom is -0.368 e. The van der Waals surface area contributed by atoms with Crippen LogP contribution in [-0.4, -0.2) is 30.9 Å². The Kier molecular flexibility index (Phi) is 5.14. The van der Waals surface area contributed by atoms with Gasteiger partial charge in [-0.2, -0.15) is 0 Å². The summed E-state index contributed by atoms with van der Waals surface area (Å²) in [6.07, 6.45) is 2.63. The molecule has 1 aliphatic rings. The molecule has 1 rings (SSSR count). The standard InChI is InChI=1S/C13H25N3O2/c1-4-5-13(6-7-15-8-13)12(18)16-10(9(2)3)11(14)17/h9-10,15H,4-8H2,1-3H3,(H2,14,17)(H,16,18). The van der Waals surface area contributed by atoms with Gasteiger partial charge in [0, 0.05) is 6.54 Å². The lowest BCUT2D eigenvalue weighted by molar-refractivity contribution is -0.135. The fraction of sp³-hybridized carbons (Fsp3) is 0.846. The van der Waals surface area contributed by atoms with Crippen LogP contribution in [0.2, 0.25) is 0 Å². The maximum Gasteiger partial charge on any atom is 0.240 e. The average molecular weight is 255 g/mol. The average Bonchev–Trinajstić information content (AvgIpc) is 2.75. The van der Waals surface area contributed by atoms with Crippen molar-refractivity contribution in [3.05, 3.63) is 0 Å². The van der Waals surface area contributed by atoms with E-state index in [1.807, 2.05) is 13.8 Å². The monoisotopic (exact) mass is 255 g/mol. The summed E-state index contributed by atoms with van der Waals surface area (Å²) in [5.41, 5.74) is 4.97. The van der Waals surface area contributed by atoms with Crippen LogP contribution in [0.4, 0.5) is 0 Å².